The number of nitrogens with zero attached hydrogens (tertiary/aromatic N) is 2. The monoisotopic (exact) mass is 445 g/mol. The highest BCUT2D eigenvalue weighted by atomic mass is 35.5. The van der Waals surface area contributed by atoms with Crippen LogP contribution in [-0.4, -0.2) is 40.0 Å². The number of thioether (sulfide) groups is 1. The molecular formula is C20H16ClN3O5S. The standard InChI is InChI=1S/C20H16ClN3O5S/c21-15-7-6-14(10-16(15)24(28)29)11-17-19(26)23(20(27)30-17)9-8-22-18(25)12-13-4-2-1-3-5-13/h1-7,10-11H,8-9,12H2,(H,22,25)/b17-11-. The largest absolute Gasteiger partial charge is 0.354 e. The molecule has 0 atom stereocenters. The van der Waals surface area contributed by atoms with Crippen molar-refractivity contribution in [2.24, 2.45) is 0 Å². The molecule has 2 aromatic carbocycles. The fourth-order valence-corrected chi connectivity index (χ4v) is 3.81. The van der Waals surface area contributed by atoms with Crippen molar-refractivity contribution < 1.29 is 19.3 Å². The van der Waals surface area contributed by atoms with E-state index in [9.17, 15) is 24.5 Å². The number of nitro groups is 1. The predicted molar refractivity (Wildman–Crippen MR) is 114 cm³/mol. The summed E-state index contributed by atoms with van der Waals surface area (Å²) < 4.78 is 0. The minimum absolute atomic E-state index is 0.0171. The van der Waals surface area contributed by atoms with E-state index in [1.807, 2.05) is 30.3 Å². The summed E-state index contributed by atoms with van der Waals surface area (Å²) in [5, 5.41) is 13.2. The molecule has 10 heteroatoms. The molecule has 0 saturated carbocycles. The van der Waals surface area contributed by atoms with E-state index in [0.717, 1.165) is 22.2 Å². The highest BCUT2D eigenvalue weighted by Crippen LogP contribution is 2.33. The van der Waals surface area contributed by atoms with Crippen molar-refractivity contribution >= 4 is 52.2 Å². The van der Waals surface area contributed by atoms with E-state index in [-0.39, 0.29) is 41.0 Å². The predicted octanol–water partition coefficient (Wildman–Crippen LogP) is 3.64. The van der Waals surface area contributed by atoms with Crippen molar-refractivity contribution in [3.63, 3.8) is 0 Å². The summed E-state index contributed by atoms with van der Waals surface area (Å²) in [6.07, 6.45) is 1.61. The Morgan fingerprint density at radius 2 is 1.93 bits per heavy atom. The number of carbonyl (C=O) groups is 3. The number of hydrogen-bond acceptors (Lipinski definition) is 6. The number of halogens is 1. The van der Waals surface area contributed by atoms with Crippen LogP contribution >= 0.6 is 23.4 Å². The smallest absolute Gasteiger partial charge is 0.293 e. The minimum atomic E-state index is -0.621. The summed E-state index contributed by atoms with van der Waals surface area (Å²) in [6, 6.07) is 13.3. The zero-order valence-corrected chi connectivity index (χ0v) is 17.1. The van der Waals surface area contributed by atoms with Crippen molar-refractivity contribution in [3.8, 4) is 0 Å². The maximum atomic E-state index is 12.5. The number of nitro benzene ring substituents is 1. The molecule has 1 aliphatic rings. The average molecular weight is 446 g/mol. The lowest BCUT2D eigenvalue weighted by molar-refractivity contribution is -0.384. The van der Waals surface area contributed by atoms with Gasteiger partial charge in [0.15, 0.2) is 0 Å². The molecular weight excluding hydrogens is 430 g/mol. The Bertz CT molecular complexity index is 1040. The van der Waals surface area contributed by atoms with Crippen molar-refractivity contribution in [1.29, 1.82) is 0 Å². The molecule has 2 aromatic rings. The van der Waals surface area contributed by atoms with Gasteiger partial charge in [-0.25, -0.2) is 0 Å². The van der Waals surface area contributed by atoms with Crippen LogP contribution in [0.4, 0.5) is 10.5 Å². The zero-order valence-electron chi connectivity index (χ0n) is 15.5. The highest BCUT2D eigenvalue weighted by Gasteiger charge is 2.34. The Morgan fingerprint density at radius 3 is 2.63 bits per heavy atom. The summed E-state index contributed by atoms with van der Waals surface area (Å²) in [4.78, 5) is 48.2. The van der Waals surface area contributed by atoms with Gasteiger partial charge in [0.25, 0.3) is 16.8 Å². The minimum Gasteiger partial charge on any atom is -0.354 e. The highest BCUT2D eigenvalue weighted by molar-refractivity contribution is 8.18. The summed E-state index contributed by atoms with van der Waals surface area (Å²) in [6.45, 7) is 0.159. The van der Waals surface area contributed by atoms with Crippen molar-refractivity contribution in [2.75, 3.05) is 13.1 Å². The first kappa shape index (κ1) is 21.5. The molecule has 30 heavy (non-hydrogen) atoms. The first-order valence-electron chi connectivity index (χ1n) is 8.85. The van der Waals surface area contributed by atoms with Gasteiger partial charge in [-0.05, 0) is 35.0 Å². The van der Waals surface area contributed by atoms with Crippen LogP contribution in [0.3, 0.4) is 0 Å². The van der Waals surface area contributed by atoms with Gasteiger partial charge in [0.2, 0.25) is 5.91 Å². The molecule has 0 spiro atoms. The summed E-state index contributed by atoms with van der Waals surface area (Å²) in [5.41, 5.74) is 0.958. The summed E-state index contributed by atoms with van der Waals surface area (Å²) in [5.74, 6) is -0.725. The van der Waals surface area contributed by atoms with Gasteiger partial charge in [-0.3, -0.25) is 29.4 Å². The number of benzene rings is 2. The molecule has 0 bridgehead atoms. The van der Waals surface area contributed by atoms with Crippen molar-refractivity contribution in [3.05, 3.63) is 79.7 Å². The average Bonchev–Trinajstić information content (AvgIpc) is 2.97. The fourth-order valence-electron chi connectivity index (χ4n) is 2.75. The number of carbonyl (C=O) groups excluding carboxylic acids is 3. The van der Waals surface area contributed by atoms with Crippen LogP contribution in [0.5, 0.6) is 0 Å². The van der Waals surface area contributed by atoms with Crippen LogP contribution in [-0.2, 0) is 16.0 Å². The van der Waals surface area contributed by atoms with E-state index < -0.39 is 16.1 Å². The van der Waals surface area contributed by atoms with Crippen LogP contribution in [0.25, 0.3) is 6.08 Å². The fraction of sp³-hybridized carbons (Fsp3) is 0.150. The van der Waals surface area contributed by atoms with Crippen LogP contribution in [0.1, 0.15) is 11.1 Å². The molecule has 1 N–H and O–H groups in total. The summed E-state index contributed by atoms with van der Waals surface area (Å²) >= 11 is 6.52. The van der Waals surface area contributed by atoms with Crippen LogP contribution in [0, 0.1) is 10.1 Å². The van der Waals surface area contributed by atoms with E-state index >= 15 is 0 Å². The third kappa shape index (κ3) is 5.25. The molecule has 0 unspecified atom stereocenters. The van der Waals surface area contributed by atoms with Crippen LogP contribution < -0.4 is 5.32 Å². The zero-order chi connectivity index (χ0) is 21.7. The van der Waals surface area contributed by atoms with Gasteiger partial charge in [0.1, 0.15) is 5.02 Å². The molecule has 0 radical (unpaired) electrons. The molecule has 1 aliphatic heterocycles. The molecule has 0 aliphatic carbocycles. The number of hydrogen-bond donors (Lipinski definition) is 1. The Hall–Kier alpha value is -3.17. The quantitative estimate of drug-likeness (QED) is 0.396. The lowest BCUT2D eigenvalue weighted by atomic mass is 10.1. The first-order chi connectivity index (χ1) is 14.3. The van der Waals surface area contributed by atoms with E-state index in [4.69, 9.17) is 11.6 Å². The molecule has 1 fully saturated rings. The second kappa shape index (κ2) is 9.55. The molecule has 3 amide bonds. The second-order valence-electron chi connectivity index (χ2n) is 6.31. The van der Waals surface area contributed by atoms with Gasteiger partial charge < -0.3 is 5.32 Å². The molecule has 1 saturated heterocycles. The molecule has 154 valence electrons. The van der Waals surface area contributed by atoms with E-state index in [1.54, 1.807) is 0 Å². The third-order valence-electron chi connectivity index (χ3n) is 4.20. The Morgan fingerprint density at radius 1 is 1.20 bits per heavy atom. The molecule has 8 nitrogen and oxygen atoms in total. The van der Waals surface area contributed by atoms with Gasteiger partial charge in [-0.15, -0.1) is 0 Å². The van der Waals surface area contributed by atoms with E-state index in [1.165, 1.54) is 24.3 Å². The first-order valence-corrected chi connectivity index (χ1v) is 10.0. The van der Waals surface area contributed by atoms with E-state index in [2.05, 4.69) is 5.32 Å². The number of imide groups is 1. The van der Waals surface area contributed by atoms with Crippen molar-refractivity contribution in [1.82, 2.24) is 10.2 Å². The van der Waals surface area contributed by atoms with Gasteiger partial charge in [0.05, 0.1) is 16.2 Å². The Balaban J connectivity index is 1.59. The van der Waals surface area contributed by atoms with Gasteiger partial charge in [-0.2, -0.15) is 0 Å². The maximum Gasteiger partial charge on any atom is 0.293 e. The summed E-state index contributed by atoms with van der Waals surface area (Å²) in [7, 11) is 0. The second-order valence-corrected chi connectivity index (χ2v) is 7.71. The van der Waals surface area contributed by atoms with E-state index in [0.29, 0.717) is 5.56 Å². The van der Waals surface area contributed by atoms with Gasteiger partial charge in [-0.1, -0.05) is 48.0 Å². The van der Waals surface area contributed by atoms with Gasteiger partial charge >= 0.3 is 0 Å². The van der Waals surface area contributed by atoms with Crippen molar-refractivity contribution in [2.45, 2.75) is 6.42 Å². The Labute approximate surface area is 181 Å². The molecule has 0 aromatic heterocycles. The van der Waals surface area contributed by atoms with Crippen LogP contribution in [0.2, 0.25) is 5.02 Å². The number of amides is 3. The maximum absolute atomic E-state index is 12.5. The van der Waals surface area contributed by atoms with Gasteiger partial charge in [0, 0.05) is 19.2 Å². The lowest BCUT2D eigenvalue weighted by Gasteiger charge is -2.13. The normalized spacial score (nSPS) is 15.0. The molecule has 1 heterocycles. The third-order valence-corrected chi connectivity index (χ3v) is 5.43. The molecule has 3 rings (SSSR count). The topological polar surface area (TPSA) is 110 Å². The number of rotatable bonds is 7. The lowest BCUT2D eigenvalue weighted by Crippen LogP contribution is -2.37. The SMILES string of the molecule is O=C(Cc1ccccc1)NCCN1C(=O)S/C(=C\c2ccc(Cl)c([N+](=O)[O-])c2)C1=O. The number of nitrogens with one attached hydrogen (secondary N) is 1. The van der Waals surface area contributed by atoms with Crippen LogP contribution in [0.15, 0.2) is 53.4 Å². The Kier molecular flexibility index (Phi) is 6.86.